The lowest BCUT2D eigenvalue weighted by Crippen LogP contribution is -2.20. The number of nitrogens with zero attached hydrogens (tertiary/aromatic N) is 2. The van der Waals surface area contributed by atoms with Crippen LogP contribution in [0.1, 0.15) is 24.7 Å². The highest BCUT2D eigenvalue weighted by molar-refractivity contribution is 5.85. The summed E-state index contributed by atoms with van der Waals surface area (Å²) in [6, 6.07) is -0.300. The number of carbonyl (C=O) groups excluding carboxylic acids is 1. The first-order chi connectivity index (χ1) is 6.13. The minimum absolute atomic E-state index is 0. The second-order valence-corrected chi connectivity index (χ2v) is 2.69. The number of likely N-dealkylation sites (N-methyl/N-ethyl adjacent to an activating group) is 1. The lowest BCUT2D eigenvalue weighted by Gasteiger charge is -1.93. The van der Waals surface area contributed by atoms with Gasteiger partial charge in [0.2, 0.25) is 11.8 Å². The quantitative estimate of drug-likeness (QED) is 0.736. The number of rotatable bonds is 3. The summed E-state index contributed by atoms with van der Waals surface area (Å²) in [5.41, 5.74) is 5.49. The Balaban J connectivity index is 0.00000169. The Hall–Kier alpha value is -1.14. The number of halogens is 1. The minimum atomic E-state index is -0.300. The number of aromatic nitrogens is 2. The molecule has 0 bridgehead atoms. The maximum atomic E-state index is 10.9. The first kappa shape index (κ1) is 12.9. The van der Waals surface area contributed by atoms with Crippen LogP contribution in [0.3, 0.4) is 0 Å². The van der Waals surface area contributed by atoms with Crippen LogP contribution in [0.5, 0.6) is 0 Å². The van der Waals surface area contributed by atoms with E-state index in [9.17, 15) is 4.79 Å². The molecule has 0 saturated heterocycles. The molecular weight excluding hydrogens is 208 g/mol. The highest BCUT2D eigenvalue weighted by Crippen LogP contribution is 2.05. The van der Waals surface area contributed by atoms with E-state index in [0.717, 1.165) is 0 Å². The summed E-state index contributed by atoms with van der Waals surface area (Å²) in [4.78, 5) is 14.8. The molecule has 1 aromatic heterocycles. The van der Waals surface area contributed by atoms with Crippen molar-refractivity contribution in [3.8, 4) is 0 Å². The van der Waals surface area contributed by atoms with E-state index in [1.807, 2.05) is 0 Å². The van der Waals surface area contributed by atoms with E-state index in [2.05, 4.69) is 15.5 Å². The van der Waals surface area contributed by atoms with E-state index < -0.39 is 0 Å². The fourth-order valence-corrected chi connectivity index (χ4v) is 0.756. The second-order valence-electron chi connectivity index (χ2n) is 2.69. The fourth-order valence-electron chi connectivity index (χ4n) is 0.756. The number of carbonyl (C=O) groups is 1. The van der Waals surface area contributed by atoms with E-state index in [0.29, 0.717) is 11.7 Å². The van der Waals surface area contributed by atoms with Crippen molar-refractivity contribution >= 4 is 18.3 Å². The number of hydrogen-bond donors (Lipinski definition) is 2. The Bertz CT molecular complexity index is 300. The first-order valence-corrected chi connectivity index (χ1v) is 3.92. The van der Waals surface area contributed by atoms with Gasteiger partial charge in [-0.1, -0.05) is 5.16 Å². The molecule has 0 spiro atoms. The van der Waals surface area contributed by atoms with E-state index in [4.69, 9.17) is 10.3 Å². The van der Waals surface area contributed by atoms with Crippen molar-refractivity contribution in [2.24, 2.45) is 5.73 Å². The van der Waals surface area contributed by atoms with Gasteiger partial charge in [0.15, 0.2) is 5.82 Å². The fraction of sp³-hybridized carbons (Fsp3) is 0.571. The third-order valence-corrected chi connectivity index (χ3v) is 1.47. The number of hydrogen-bond acceptors (Lipinski definition) is 5. The average molecular weight is 221 g/mol. The second kappa shape index (κ2) is 5.56. The van der Waals surface area contributed by atoms with Crippen LogP contribution in [-0.4, -0.2) is 23.1 Å². The molecule has 0 aliphatic carbocycles. The Labute approximate surface area is 87.6 Å². The Kier molecular flexibility index (Phi) is 5.11. The normalized spacial score (nSPS) is 11.6. The highest BCUT2D eigenvalue weighted by atomic mass is 35.5. The third-order valence-electron chi connectivity index (χ3n) is 1.47. The van der Waals surface area contributed by atoms with Gasteiger partial charge in [-0.15, -0.1) is 12.4 Å². The van der Waals surface area contributed by atoms with Gasteiger partial charge in [-0.05, 0) is 6.92 Å². The SMILES string of the molecule is CNC(=O)Cc1noc([C@H](C)N)n1.Cl. The predicted molar refractivity (Wildman–Crippen MR) is 51.9 cm³/mol. The summed E-state index contributed by atoms with van der Waals surface area (Å²) >= 11 is 0. The molecule has 1 amide bonds. The zero-order valence-corrected chi connectivity index (χ0v) is 8.80. The maximum Gasteiger partial charge on any atom is 0.243 e. The van der Waals surface area contributed by atoms with Gasteiger partial charge in [-0.3, -0.25) is 4.79 Å². The summed E-state index contributed by atoms with van der Waals surface area (Å²) in [5.74, 6) is 0.544. The van der Waals surface area contributed by atoms with Crippen molar-refractivity contribution in [3.63, 3.8) is 0 Å². The van der Waals surface area contributed by atoms with Gasteiger partial charge in [-0.2, -0.15) is 4.98 Å². The molecule has 0 radical (unpaired) electrons. The van der Waals surface area contributed by atoms with E-state index >= 15 is 0 Å². The molecule has 1 atom stereocenters. The van der Waals surface area contributed by atoms with Crippen molar-refractivity contribution in [3.05, 3.63) is 11.7 Å². The van der Waals surface area contributed by atoms with Gasteiger partial charge in [0, 0.05) is 7.05 Å². The van der Waals surface area contributed by atoms with Crippen LogP contribution in [-0.2, 0) is 11.2 Å². The molecule has 0 aromatic carbocycles. The molecule has 1 rings (SSSR count). The molecule has 7 heteroatoms. The average Bonchev–Trinajstić information content (AvgIpc) is 2.52. The number of nitrogens with one attached hydrogen (secondary N) is 1. The molecule has 0 aliphatic rings. The smallest absolute Gasteiger partial charge is 0.243 e. The van der Waals surface area contributed by atoms with Crippen LogP contribution in [0.15, 0.2) is 4.52 Å². The van der Waals surface area contributed by atoms with Crippen LogP contribution in [0, 0.1) is 0 Å². The number of amides is 1. The van der Waals surface area contributed by atoms with Crippen molar-refractivity contribution in [2.45, 2.75) is 19.4 Å². The molecule has 1 heterocycles. The van der Waals surface area contributed by atoms with Crippen LogP contribution in [0.25, 0.3) is 0 Å². The Morgan fingerprint density at radius 2 is 2.36 bits per heavy atom. The molecule has 80 valence electrons. The number of nitrogens with two attached hydrogens (primary N) is 1. The molecule has 0 saturated carbocycles. The summed E-state index contributed by atoms with van der Waals surface area (Å²) in [5, 5.41) is 6.06. The van der Waals surface area contributed by atoms with Crippen LogP contribution >= 0.6 is 12.4 Å². The molecular formula is C7H13ClN4O2. The van der Waals surface area contributed by atoms with Gasteiger partial charge < -0.3 is 15.6 Å². The van der Waals surface area contributed by atoms with Crippen LogP contribution in [0.2, 0.25) is 0 Å². The van der Waals surface area contributed by atoms with E-state index in [-0.39, 0.29) is 30.8 Å². The standard InChI is InChI=1S/C7H12N4O2.ClH/c1-4(8)7-10-5(11-13-7)3-6(12)9-2;/h4H,3,8H2,1-2H3,(H,9,12);1H/t4-;/m0./s1. The lowest BCUT2D eigenvalue weighted by molar-refractivity contribution is -0.120. The molecule has 0 unspecified atom stereocenters. The van der Waals surface area contributed by atoms with Crippen molar-refractivity contribution in [1.29, 1.82) is 0 Å². The molecule has 14 heavy (non-hydrogen) atoms. The van der Waals surface area contributed by atoms with Crippen molar-refractivity contribution < 1.29 is 9.32 Å². The van der Waals surface area contributed by atoms with Crippen molar-refractivity contribution in [2.75, 3.05) is 7.05 Å². The van der Waals surface area contributed by atoms with Gasteiger partial charge in [-0.25, -0.2) is 0 Å². The van der Waals surface area contributed by atoms with Gasteiger partial charge >= 0.3 is 0 Å². The van der Waals surface area contributed by atoms with E-state index in [1.165, 1.54) is 0 Å². The predicted octanol–water partition coefficient (Wildman–Crippen LogP) is -0.200. The summed E-state index contributed by atoms with van der Waals surface area (Å²) < 4.78 is 4.81. The third kappa shape index (κ3) is 3.31. The zero-order chi connectivity index (χ0) is 9.84. The largest absolute Gasteiger partial charge is 0.359 e. The van der Waals surface area contributed by atoms with Gasteiger partial charge in [0.1, 0.15) is 0 Å². The summed E-state index contributed by atoms with van der Waals surface area (Å²) in [6.45, 7) is 1.73. The summed E-state index contributed by atoms with van der Waals surface area (Å²) in [6.07, 6.45) is 0.118. The zero-order valence-electron chi connectivity index (χ0n) is 7.98. The molecule has 0 fully saturated rings. The van der Waals surface area contributed by atoms with Crippen LogP contribution < -0.4 is 11.1 Å². The monoisotopic (exact) mass is 220 g/mol. The summed E-state index contributed by atoms with van der Waals surface area (Å²) in [7, 11) is 1.55. The molecule has 1 aromatic rings. The topological polar surface area (TPSA) is 94.0 Å². The van der Waals surface area contributed by atoms with Crippen molar-refractivity contribution in [1.82, 2.24) is 15.5 Å². The lowest BCUT2D eigenvalue weighted by atomic mass is 10.3. The molecule has 6 nitrogen and oxygen atoms in total. The first-order valence-electron chi connectivity index (χ1n) is 3.92. The van der Waals surface area contributed by atoms with Crippen LogP contribution in [0.4, 0.5) is 0 Å². The minimum Gasteiger partial charge on any atom is -0.359 e. The van der Waals surface area contributed by atoms with E-state index in [1.54, 1.807) is 14.0 Å². The molecule has 3 N–H and O–H groups in total. The highest BCUT2D eigenvalue weighted by Gasteiger charge is 2.11. The van der Waals surface area contributed by atoms with Gasteiger partial charge in [0.25, 0.3) is 0 Å². The van der Waals surface area contributed by atoms with Gasteiger partial charge in [0.05, 0.1) is 12.5 Å². The Morgan fingerprint density at radius 1 is 1.71 bits per heavy atom. The maximum absolute atomic E-state index is 10.9. The molecule has 0 aliphatic heterocycles. The Morgan fingerprint density at radius 3 is 2.79 bits per heavy atom.